The normalized spacial score (nSPS) is 18.3. The number of nitrogens with zero attached hydrogens (tertiary/aromatic N) is 5. The molecule has 4 N–H and O–H groups in total. The van der Waals surface area contributed by atoms with Gasteiger partial charge in [-0.1, -0.05) is 72.5 Å². The number of aromatic nitrogens is 1. The predicted molar refractivity (Wildman–Crippen MR) is 178 cm³/mol. The number of carbonyl (C=O) groups excluding carboxylic acids is 3. The Balaban J connectivity index is 1.34. The third-order valence-electron chi connectivity index (χ3n) is 8.45. The molecule has 2 saturated heterocycles. The highest BCUT2D eigenvalue weighted by Crippen LogP contribution is 2.33. The van der Waals surface area contributed by atoms with E-state index in [-0.39, 0.29) is 55.7 Å². The van der Waals surface area contributed by atoms with Gasteiger partial charge in [0.15, 0.2) is 5.13 Å². The summed E-state index contributed by atoms with van der Waals surface area (Å²) in [7, 11) is 0. The number of phenolic OH excluding ortho intramolecular Hbond substituents is 1. The number of nitrogens with one attached hydrogen (secondary N) is 1. The molecule has 0 bridgehead atoms. The number of fused-ring (bicyclic) bond motifs is 2. The number of carbonyl (C=O) groups is 3. The zero-order valence-corrected chi connectivity index (χ0v) is 26.6. The number of benzene rings is 3. The standard InChI is InChI=1S/C34H37N7O4S/c1-4-24-15-23(13-14-27(24)42)16-26-32(44)38(18-25-11-8-12-28-31(25)37-33(35)46-28)19-29-39(20-30(43)40(26)29)41(21(2)3)34(45)36-17-22-9-6-5-7-10-22/h4-15,21,26,29,42H,1,16-20H2,2-3H3,(H2,35,37)(H,36,45)/t26-,29+/m0/s1. The highest BCUT2D eigenvalue weighted by molar-refractivity contribution is 7.22. The number of piperazine rings is 1. The van der Waals surface area contributed by atoms with Crippen LogP contribution < -0.4 is 11.1 Å². The summed E-state index contributed by atoms with van der Waals surface area (Å²) >= 11 is 1.39. The molecule has 2 atom stereocenters. The molecule has 2 aliphatic rings. The Morgan fingerprint density at radius 2 is 1.93 bits per heavy atom. The van der Waals surface area contributed by atoms with Gasteiger partial charge in [0.05, 0.1) is 23.3 Å². The lowest BCUT2D eigenvalue weighted by Gasteiger charge is -2.47. The van der Waals surface area contributed by atoms with E-state index in [0.29, 0.717) is 17.2 Å². The fourth-order valence-electron chi connectivity index (χ4n) is 6.34. The Bertz CT molecular complexity index is 1790. The van der Waals surface area contributed by atoms with Crippen LogP contribution in [0, 0.1) is 0 Å². The van der Waals surface area contributed by atoms with Crippen LogP contribution >= 0.6 is 11.3 Å². The van der Waals surface area contributed by atoms with Gasteiger partial charge in [-0.2, -0.15) is 5.01 Å². The highest BCUT2D eigenvalue weighted by atomic mass is 32.1. The number of amides is 4. The Kier molecular flexibility index (Phi) is 8.65. The summed E-state index contributed by atoms with van der Waals surface area (Å²) in [6, 6.07) is 19.1. The molecule has 11 nitrogen and oxygen atoms in total. The minimum absolute atomic E-state index is 0.0507. The lowest BCUT2D eigenvalue weighted by Crippen LogP contribution is -2.66. The smallest absolute Gasteiger partial charge is 0.332 e. The van der Waals surface area contributed by atoms with Gasteiger partial charge >= 0.3 is 6.03 Å². The number of aromatic hydroxyl groups is 1. The maximum absolute atomic E-state index is 14.3. The van der Waals surface area contributed by atoms with Crippen molar-refractivity contribution in [2.24, 2.45) is 0 Å². The number of para-hydroxylation sites is 1. The number of anilines is 1. The molecule has 46 heavy (non-hydrogen) atoms. The number of hydrogen-bond donors (Lipinski definition) is 3. The van der Waals surface area contributed by atoms with E-state index < -0.39 is 12.2 Å². The number of urea groups is 1. The molecule has 2 aliphatic heterocycles. The molecular weight excluding hydrogens is 602 g/mol. The number of hydrazine groups is 1. The van der Waals surface area contributed by atoms with Gasteiger partial charge < -0.3 is 26.0 Å². The van der Waals surface area contributed by atoms with Crippen molar-refractivity contribution in [2.45, 2.75) is 51.6 Å². The van der Waals surface area contributed by atoms with Crippen LogP contribution in [0.1, 0.15) is 36.1 Å². The van der Waals surface area contributed by atoms with Crippen molar-refractivity contribution in [1.29, 1.82) is 0 Å². The second-order valence-corrected chi connectivity index (χ2v) is 12.9. The topological polar surface area (TPSA) is 135 Å². The maximum Gasteiger partial charge on any atom is 0.332 e. The van der Waals surface area contributed by atoms with E-state index in [9.17, 15) is 19.5 Å². The molecule has 4 aromatic rings. The Hall–Kier alpha value is -4.94. The lowest BCUT2D eigenvalue weighted by molar-refractivity contribution is -0.158. The van der Waals surface area contributed by atoms with Gasteiger partial charge in [0.2, 0.25) is 11.8 Å². The first-order valence-electron chi connectivity index (χ1n) is 15.2. The van der Waals surface area contributed by atoms with Crippen molar-refractivity contribution >= 4 is 50.6 Å². The molecule has 4 amide bonds. The van der Waals surface area contributed by atoms with Crippen LogP contribution in [-0.2, 0) is 29.1 Å². The van der Waals surface area contributed by atoms with Gasteiger partial charge in [0.1, 0.15) is 18.0 Å². The van der Waals surface area contributed by atoms with Crippen LogP contribution in [0.15, 0.2) is 73.3 Å². The van der Waals surface area contributed by atoms with Gasteiger partial charge in [-0.15, -0.1) is 0 Å². The summed E-state index contributed by atoms with van der Waals surface area (Å²) in [6.07, 6.45) is 1.19. The SMILES string of the molecule is C=Cc1cc(C[C@H]2C(=O)N(Cc3cccc4sc(N)nc34)C[C@H]3N2C(=O)CN3N(C(=O)NCc2ccccc2)C(C)C)ccc1O. The van der Waals surface area contributed by atoms with Crippen molar-refractivity contribution in [3.05, 3.63) is 95.6 Å². The van der Waals surface area contributed by atoms with Gasteiger partial charge in [-0.3, -0.25) is 14.6 Å². The van der Waals surface area contributed by atoms with Crippen LogP contribution in [0.5, 0.6) is 5.75 Å². The molecule has 3 heterocycles. The molecule has 1 aromatic heterocycles. The second-order valence-electron chi connectivity index (χ2n) is 11.8. The van der Waals surface area contributed by atoms with Gasteiger partial charge in [-0.05, 0) is 48.7 Å². The molecule has 2 fully saturated rings. The highest BCUT2D eigenvalue weighted by Gasteiger charge is 2.52. The number of thiazole rings is 1. The van der Waals surface area contributed by atoms with Crippen LogP contribution in [0.25, 0.3) is 16.3 Å². The molecule has 0 saturated carbocycles. The minimum atomic E-state index is -0.834. The Morgan fingerprint density at radius 3 is 2.67 bits per heavy atom. The summed E-state index contributed by atoms with van der Waals surface area (Å²) in [5, 5.41) is 17.0. The average Bonchev–Trinajstić information content (AvgIpc) is 3.58. The van der Waals surface area contributed by atoms with E-state index in [1.165, 1.54) is 11.3 Å². The lowest BCUT2D eigenvalue weighted by atomic mass is 9.98. The first-order valence-corrected chi connectivity index (χ1v) is 16.0. The maximum atomic E-state index is 14.3. The minimum Gasteiger partial charge on any atom is -0.507 e. The Labute approximate surface area is 271 Å². The molecule has 12 heteroatoms. The number of rotatable bonds is 9. The van der Waals surface area contributed by atoms with Crippen molar-refractivity contribution < 1.29 is 19.5 Å². The molecule has 0 radical (unpaired) electrons. The molecule has 0 unspecified atom stereocenters. The van der Waals surface area contributed by atoms with E-state index in [1.54, 1.807) is 44.1 Å². The first-order chi connectivity index (χ1) is 22.1. The van der Waals surface area contributed by atoms with Crippen molar-refractivity contribution in [3.63, 3.8) is 0 Å². The molecule has 6 rings (SSSR count). The third kappa shape index (κ3) is 6.01. The number of nitrogen functional groups attached to an aromatic ring is 1. The summed E-state index contributed by atoms with van der Waals surface area (Å²) in [4.78, 5) is 49.7. The molecule has 0 aliphatic carbocycles. The zero-order valence-electron chi connectivity index (χ0n) is 25.8. The average molecular weight is 640 g/mol. The van der Waals surface area contributed by atoms with Gasteiger partial charge in [0.25, 0.3) is 0 Å². The van der Waals surface area contributed by atoms with E-state index in [4.69, 9.17) is 5.73 Å². The molecule has 3 aromatic carbocycles. The number of hydrogen-bond acceptors (Lipinski definition) is 8. The summed E-state index contributed by atoms with van der Waals surface area (Å²) in [5.74, 6) is -0.354. The van der Waals surface area contributed by atoms with Gasteiger partial charge in [0, 0.05) is 31.1 Å². The van der Waals surface area contributed by atoms with Crippen LogP contribution in [0.4, 0.5) is 9.93 Å². The number of phenols is 1. The number of nitrogens with two attached hydrogens (primary N) is 1. The quantitative estimate of drug-likeness (QED) is 0.250. The van der Waals surface area contributed by atoms with E-state index >= 15 is 0 Å². The van der Waals surface area contributed by atoms with E-state index in [2.05, 4.69) is 16.9 Å². The van der Waals surface area contributed by atoms with Crippen molar-refractivity contribution in [3.8, 4) is 5.75 Å². The fraction of sp³-hybridized carbons (Fsp3) is 0.294. The van der Waals surface area contributed by atoms with Crippen LogP contribution in [0.3, 0.4) is 0 Å². The van der Waals surface area contributed by atoms with Gasteiger partial charge in [-0.25, -0.2) is 9.78 Å². The zero-order chi connectivity index (χ0) is 32.5. The monoisotopic (exact) mass is 639 g/mol. The first kappa shape index (κ1) is 31.1. The van der Waals surface area contributed by atoms with E-state index in [1.807, 2.05) is 62.4 Å². The second kappa shape index (κ2) is 12.8. The molecular formula is C34H37N7O4S. The van der Waals surface area contributed by atoms with Crippen molar-refractivity contribution in [2.75, 3.05) is 18.8 Å². The van der Waals surface area contributed by atoms with Crippen LogP contribution in [0.2, 0.25) is 0 Å². The third-order valence-corrected chi connectivity index (χ3v) is 9.30. The van der Waals surface area contributed by atoms with Crippen LogP contribution in [-0.4, -0.2) is 79.1 Å². The van der Waals surface area contributed by atoms with Crippen molar-refractivity contribution in [1.82, 2.24) is 30.1 Å². The largest absolute Gasteiger partial charge is 0.507 e. The predicted octanol–water partition coefficient (Wildman–Crippen LogP) is 4.19. The summed E-state index contributed by atoms with van der Waals surface area (Å²) in [6.45, 7) is 8.32. The fourth-order valence-corrected chi connectivity index (χ4v) is 7.12. The molecule has 0 spiro atoms. The summed E-state index contributed by atoms with van der Waals surface area (Å²) < 4.78 is 0.928. The molecule has 238 valence electrons. The summed E-state index contributed by atoms with van der Waals surface area (Å²) in [5.41, 5.74) is 9.89. The Morgan fingerprint density at radius 1 is 1.15 bits per heavy atom. The van der Waals surface area contributed by atoms with E-state index in [0.717, 1.165) is 26.9 Å².